The van der Waals surface area contributed by atoms with Crippen molar-refractivity contribution in [2.75, 3.05) is 0 Å². The van der Waals surface area contributed by atoms with E-state index >= 15 is 0 Å². The number of oxime groups is 3. The normalized spacial score (nSPS) is 7.83. The van der Waals surface area contributed by atoms with E-state index in [1.807, 2.05) is 0 Å². The topological polar surface area (TPSA) is 97.8 Å². The Morgan fingerprint density at radius 2 is 1.42 bits per heavy atom. The highest BCUT2D eigenvalue weighted by atomic mass is 28.1. The molecule has 0 amide bonds. The second-order valence-electron chi connectivity index (χ2n) is 1.23. The maximum atomic E-state index is 7.89. The summed E-state index contributed by atoms with van der Waals surface area (Å²) in [5, 5.41) is 30.1. The molecule has 3 N–H and O–H groups in total. The fourth-order valence-electron chi connectivity index (χ4n) is 0.0408. The summed E-state index contributed by atoms with van der Waals surface area (Å²) in [6.45, 7) is 8.71. The van der Waals surface area contributed by atoms with Crippen LogP contribution >= 0.6 is 0 Å². The van der Waals surface area contributed by atoms with Gasteiger partial charge in [0.2, 0.25) is 0 Å². The first-order valence-electron chi connectivity index (χ1n) is 2.65. The molecule has 12 heavy (non-hydrogen) atoms. The lowest BCUT2D eigenvalue weighted by molar-refractivity contribution is 0.321. The highest BCUT2D eigenvalue weighted by Crippen LogP contribution is 1.64. The standard InChI is InChI=1S/C3H7NOSi.2CH3NO/c1-2-3(6)4-5;2*1-2-3/h2,5H,1H2,6H3;2*3H,1H2. The van der Waals surface area contributed by atoms with Crippen molar-refractivity contribution in [2.45, 2.75) is 0 Å². The average Bonchev–Trinajstić information content (AvgIpc) is 2.06. The largest absolute Gasteiger partial charge is 0.411 e. The van der Waals surface area contributed by atoms with Gasteiger partial charge in [-0.3, -0.25) is 0 Å². The maximum Gasteiger partial charge on any atom is 0.0667 e. The third-order valence-electron chi connectivity index (χ3n) is 0.453. The van der Waals surface area contributed by atoms with Gasteiger partial charge in [-0.05, 0) is 0 Å². The van der Waals surface area contributed by atoms with Crippen LogP contribution in [-0.4, -0.2) is 44.6 Å². The minimum Gasteiger partial charge on any atom is -0.411 e. The molecule has 0 aromatic rings. The third-order valence-corrected chi connectivity index (χ3v) is 1.06. The van der Waals surface area contributed by atoms with Gasteiger partial charge in [0.25, 0.3) is 0 Å². The first-order valence-corrected chi connectivity index (χ1v) is 3.65. The van der Waals surface area contributed by atoms with Crippen LogP contribution in [0.25, 0.3) is 0 Å². The molecule has 0 bridgehead atoms. The number of hydrogen-bond donors (Lipinski definition) is 3. The maximum absolute atomic E-state index is 7.89. The van der Waals surface area contributed by atoms with Crippen LogP contribution in [0.5, 0.6) is 0 Å². The lowest BCUT2D eigenvalue weighted by Gasteiger charge is -1.76. The number of rotatable bonds is 1. The summed E-state index contributed by atoms with van der Waals surface area (Å²) < 4.78 is 0. The van der Waals surface area contributed by atoms with Crippen LogP contribution in [0.1, 0.15) is 0 Å². The van der Waals surface area contributed by atoms with Crippen LogP contribution in [-0.2, 0) is 0 Å². The zero-order valence-electron chi connectivity index (χ0n) is 6.88. The van der Waals surface area contributed by atoms with E-state index in [4.69, 9.17) is 15.6 Å². The molecule has 0 spiro atoms. The predicted molar refractivity (Wildman–Crippen MR) is 52.0 cm³/mol. The fourth-order valence-corrected chi connectivity index (χ4v) is 0.0408. The van der Waals surface area contributed by atoms with Gasteiger partial charge < -0.3 is 15.6 Å². The third kappa shape index (κ3) is 81.1. The van der Waals surface area contributed by atoms with Crippen molar-refractivity contribution >= 4 is 29.0 Å². The van der Waals surface area contributed by atoms with Crippen molar-refractivity contribution in [3.05, 3.63) is 12.7 Å². The van der Waals surface area contributed by atoms with E-state index in [1.54, 1.807) is 0 Å². The molecule has 7 heteroatoms. The quantitative estimate of drug-likeness (QED) is 0.225. The van der Waals surface area contributed by atoms with Gasteiger partial charge in [0, 0.05) is 13.4 Å². The van der Waals surface area contributed by atoms with Gasteiger partial charge in [-0.2, -0.15) is 0 Å². The van der Waals surface area contributed by atoms with E-state index in [0.29, 0.717) is 5.33 Å². The zero-order valence-corrected chi connectivity index (χ0v) is 8.88. The van der Waals surface area contributed by atoms with Gasteiger partial charge >= 0.3 is 0 Å². The molecule has 6 nitrogen and oxygen atoms in total. The summed E-state index contributed by atoms with van der Waals surface area (Å²) in [7, 11) is 0.772. The molecule has 0 rings (SSSR count). The van der Waals surface area contributed by atoms with Gasteiger partial charge in [0.1, 0.15) is 0 Å². The summed E-state index contributed by atoms with van der Waals surface area (Å²) in [6, 6.07) is 0. The molecule has 0 aliphatic heterocycles. The van der Waals surface area contributed by atoms with E-state index in [1.165, 1.54) is 6.08 Å². The zero-order chi connectivity index (χ0) is 10.4. The molecule has 0 fully saturated rings. The summed E-state index contributed by atoms with van der Waals surface area (Å²) in [6.07, 6.45) is 1.53. The Hall–Kier alpha value is -1.63. The molecular formula is C5H13N3O3Si. The highest BCUT2D eigenvalue weighted by Gasteiger charge is 1.71. The van der Waals surface area contributed by atoms with E-state index in [2.05, 4.69) is 35.5 Å². The summed E-state index contributed by atoms with van der Waals surface area (Å²) in [4.78, 5) is 0. The molecule has 0 saturated heterocycles. The molecule has 0 aliphatic carbocycles. The average molecular weight is 191 g/mol. The van der Waals surface area contributed by atoms with Crippen molar-refractivity contribution in [1.29, 1.82) is 0 Å². The van der Waals surface area contributed by atoms with Crippen LogP contribution in [0.15, 0.2) is 28.1 Å². The molecule has 0 aromatic heterocycles. The van der Waals surface area contributed by atoms with Crippen LogP contribution in [0, 0.1) is 0 Å². The van der Waals surface area contributed by atoms with Gasteiger partial charge in [-0.15, -0.1) is 15.5 Å². The molecular weight excluding hydrogens is 178 g/mol. The second kappa shape index (κ2) is 22.8. The Labute approximate surface area is 73.6 Å². The minimum absolute atomic E-state index is 0.676. The Balaban J connectivity index is -0.000000115. The molecule has 0 saturated carbocycles. The molecule has 0 aliphatic rings. The van der Waals surface area contributed by atoms with E-state index in [0.717, 1.165) is 10.2 Å². The van der Waals surface area contributed by atoms with E-state index < -0.39 is 0 Å². The van der Waals surface area contributed by atoms with Crippen LogP contribution in [0.4, 0.5) is 0 Å². The first-order chi connectivity index (χ1) is 5.64. The van der Waals surface area contributed by atoms with Gasteiger partial charge in [-0.1, -0.05) is 12.7 Å². The van der Waals surface area contributed by atoms with Gasteiger partial charge in [0.05, 0.1) is 15.6 Å². The van der Waals surface area contributed by atoms with Gasteiger partial charge in [-0.25, -0.2) is 0 Å². The first kappa shape index (κ1) is 16.8. The second-order valence-corrected chi connectivity index (χ2v) is 2.25. The molecule has 0 radical (unpaired) electrons. The number of allylic oxidation sites excluding steroid dienone is 1. The SMILES string of the molecule is C=CC([SiH3])=NO.C=NO.C=NO. The van der Waals surface area contributed by atoms with E-state index in [-0.39, 0.29) is 0 Å². The fraction of sp³-hybridized carbons (Fsp3) is 0. The predicted octanol–water partition coefficient (Wildman–Crippen LogP) is -0.522. The van der Waals surface area contributed by atoms with Crippen molar-refractivity contribution in [3.8, 4) is 0 Å². The lowest BCUT2D eigenvalue weighted by atomic mass is 10.7. The summed E-state index contributed by atoms with van der Waals surface area (Å²) in [5.41, 5.74) is 0. The molecule has 0 atom stereocenters. The minimum atomic E-state index is 0.676. The molecule has 0 aromatic carbocycles. The Bertz CT molecular complexity index is 143. The monoisotopic (exact) mass is 191 g/mol. The van der Waals surface area contributed by atoms with Crippen LogP contribution < -0.4 is 0 Å². The molecule has 0 heterocycles. The van der Waals surface area contributed by atoms with Crippen molar-refractivity contribution in [3.63, 3.8) is 0 Å². The highest BCUT2D eigenvalue weighted by molar-refractivity contribution is 6.62. The smallest absolute Gasteiger partial charge is 0.0667 e. The Morgan fingerprint density at radius 1 is 1.17 bits per heavy atom. The molecule has 0 unspecified atom stereocenters. The lowest BCUT2D eigenvalue weighted by Crippen LogP contribution is -1.87. The number of nitrogens with zero attached hydrogens (tertiary/aromatic N) is 3. The summed E-state index contributed by atoms with van der Waals surface area (Å²) in [5.74, 6) is 0. The number of hydrogen-bond acceptors (Lipinski definition) is 6. The van der Waals surface area contributed by atoms with Crippen LogP contribution in [0.3, 0.4) is 0 Å². The van der Waals surface area contributed by atoms with Crippen molar-refractivity contribution in [1.82, 2.24) is 0 Å². The van der Waals surface area contributed by atoms with Crippen LogP contribution in [0.2, 0.25) is 0 Å². The molecule has 70 valence electrons. The summed E-state index contributed by atoms with van der Waals surface area (Å²) >= 11 is 0. The van der Waals surface area contributed by atoms with Crippen molar-refractivity contribution < 1.29 is 15.6 Å². The van der Waals surface area contributed by atoms with Crippen molar-refractivity contribution in [2.24, 2.45) is 15.5 Å². The van der Waals surface area contributed by atoms with E-state index in [9.17, 15) is 0 Å². The Kier molecular flexibility index (Phi) is 31.8. The Morgan fingerprint density at radius 3 is 1.42 bits per heavy atom. The van der Waals surface area contributed by atoms with Gasteiger partial charge in [0.15, 0.2) is 0 Å².